The summed E-state index contributed by atoms with van der Waals surface area (Å²) in [5.41, 5.74) is 2.40. The van der Waals surface area contributed by atoms with Crippen LogP contribution in [0.3, 0.4) is 0 Å². The number of rotatable bonds is 7. The Morgan fingerprint density at radius 3 is 2.73 bits per heavy atom. The van der Waals surface area contributed by atoms with Crippen molar-refractivity contribution < 1.29 is 17.6 Å². The summed E-state index contributed by atoms with van der Waals surface area (Å²) in [7, 11) is -2.13. The van der Waals surface area contributed by atoms with Crippen molar-refractivity contribution in [3.05, 3.63) is 34.7 Å². The highest BCUT2D eigenvalue weighted by Crippen LogP contribution is 2.20. The van der Waals surface area contributed by atoms with Crippen molar-refractivity contribution in [1.29, 1.82) is 0 Å². The van der Waals surface area contributed by atoms with Crippen molar-refractivity contribution in [2.45, 2.75) is 17.7 Å². The van der Waals surface area contributed by atoms with Gasteiger partial charge in [-0.25, -0.2) is 13.2 Å². The molecule has 0 aliphatic carbocycles. The number of benzene rings is 1. The van der Waals surface area contributed by atoms with Crippen molar-refractivity contribution >= 4 is 26.5 Å². The number of anilines is 1. The van der Waals surface area contributed by atoms with Crippen LogP contribution in [-0.4, -0.2) is 27.9 Å². The van der Waals surface area contributed by atoms with Crippen LogP contribution in [0.5, 0.6) is 0 Å². The first kappa shape index (κ1) is 16.5. The number of sulfone groups is 1. The molecule has 1 heterocycles. The highest BCUT2D eigenvalue weighted by molar-refractivity contribution is 7.91. The van der Waals surface area contributed by atoms with E-state index in [1.807, 2.05) is 0 Å². The standard InChI is InChI=1S/C14H18N2O5S/c1-20-6-2-3-7-22(18,19)13-8-10-4-5-11(16-15)9-12(10)21-14(13)17/h4-5,8-9,16H,2-3,6-7,15H2,1H3. The molecule has 0 atom stereocenters. The Bertz CT molecular complexity index is 814. The van der Waals surface area contributed by atoms with E-state index in [1.165, 1.54) is 12.1 Å². The second-order valence-corrected chi connectivity index (χ2v) is 6.89. The van der Waals surface area contributed by atoms with E-state index >= 15 is 0 Å². The number of methoxy groups -OCH3 is 1. The van der Waals surface area contributed by atoms with Crippen LogP contribution in [0.1, 0.15) is 12.8 Å². The number of hydrogen-bond acceptors (Lipinski definition) is 7. The summed E-state index contributed by atoms with van der Waals surface area (Å²) >= 11 is 0. The summed E-state index contributed by atoms with van der Waals surface area (Å²) in [6, 6.07) is 6.17. The molecule has 3 N–H and O–H groups in total. The Hall–Kier alpha value is -1.90. The van der Waals surface area contributed by atoms with E-state index in [2.05, 4.69) is 5.43 Å². The molecular weight excluding hydrogens is 308 g/mol. The molecule has 0 amide bonds. The lowest BCUT2D eigenvalue weighted by molar-refractivity contribution is 0.194. The van der Waals surface area contributed by atoms with Gasteiger partial charge in [-0.1, -0.05) is 0 Å². The normalized spacial score (nSPS) is 11.7. The molecule has 0 saturated carbocycles. The van der Waals surface area contributed by atoms with Crippen LogP contribution in [0.2, 0.25) is 0 Å². The van der Waals surface area contributed by atoms with Gasteiger partial charge in [0.1, 0.15) is 5.58 Å². The molecule has 1 aromatic heterocycles. The predicted octanol–water partition coefficient (Wildman–Crippen LogP) is 1.28. The van der Waals surface area contributed by atoms with E-state index in [0.29, 0.717) is 30.5 Å². The monoisotopic (exact) mass is 326 g/mol. The topological polar surface area (TPSA) is 112 Å². The SMILES string of the molecule is COCCCCS(=O)(=O)c1cc2ccc(NN)cc2oc1=O. The zero-order valence-electron chi connectivity index (χ0n) is 12.2. The highest BCUT2D eigenvalue weighted by Gasteiger charge is 2.20. The molecule has 0 saturated heterocycles. The van der Waals surface area contributed by atoms with E-state index in [9.17, 15) is 13.2 Å². The Morgan fingerprint density at radius 1 is 1.27 bits per heavy atom. The van der Waals surface area contributed by atoms with Crippen molar-refractivity contribution in [2.75, 3.05) is 24.9 Å². The van der Waals surface area contributed by atoms with Crippen molar-refractivity contribution in [2.24, 2.45) is 5.84 Å². The number of nitrogens with one attached hydrogen (secondary N) is 1. The molecule has 22 heavy (non-hydrogen) atoms. The van der Waals surface area contributed by atoms with E-state index in [0.717, 1.165) is 0 Å². The molecule has 2 rings (SSSR count). The summed E-state index contributed by atoms with van der Waals surface area (Å²) in [5, 5.41) is 0.522. The molecule has 8 heteroatoms. The summed E-state index contributed by atoms with van der Waals surface area (Å²) in [4.78, 5) is 11.6. The Morgan fingerprint density at radius 2 is 2.05 bits per heavy atom. The van der Waals surface area contributed by atoms with Gasteiger partial charge in [0.15, 0.2) is 14.7 Å². The third-order valence-corrected chi connectivity index (χ3v) is 5.00. The first-order valence-electron chi connectivity index (χ1n) is 6.74. The van der Waals surface area contributed by atoms with Crippen molar-refractivity contribution in [1.82, 2.24) is 0 Å². The van der Waals surface area contributed by atoms with Gasteiger partial charge < -0.3 is 14.6 Å². The third-order valence-electron chi connectivity index (χ3n) is 3.22. The van der Waals surface area contributed by atoms with Crippen molar-refractivity contribution in [3.63, 3.8) is 0 Å². The van der Waals surface area contributed by atoms with Crippen LogP contribution in [0.4, 0.5) is 5.69 Å². The maximum atomic E-state index is 12.2. The molecule has 0 radical (unpaired) electrons. The zero-order valence-corrected chi connectivity index (χ0v) is 13.0. The maximum Gasteiger partial charge on any atom is 0.355 e. The van der Waals surface area contributed by atoms with E-state index < -0.39 is 15.5 Å². The Balaban J connectivity index is 2.35. The fourth-order valence-corrected chi connectivity index (χ4v) is 3.45. The minimum atomic E-state index is -3.68. The molecule has 0 aliphatic heterocycles. The zero-order chi connectivity index (χ0) is 16.2. The maximum absolute atomic E-state index is 12.2. The molecule has 0 aliphatic rings. The molecule has 7 nitrogen and oxygen atoms in total. The first-order valence-corrected chi connectivity index (χ1v) is 8.39. The number of nitrogens with two attached hydrogens (primary N) is 1. The average molecular weight is 326 g/mol. The number of unbranched alkanes of at least 4 members (excludes halogenated alkanes) is 1. The quantitative estimate of drug-likeness (QED) is 0.341. The number of fused-ring (bicyclic) bond motifs is 1. The lowest BCUT2D eigenvalue weighted by Crippen LogP contribution is -2.17. The number of nitrogen functional groups attached to an aromatic ring is 1. The predicted molar refractivity (Wildman–Crippen MR) is 83.5 cm³/mol. The molecular formula is C14H18N2O5S. The Kier molecular flexibility index (Phi) is 5.17. The van der Waals surface area contributed by atoms with Crippen LogP contribution in [0.15, 0.2) is 38.4 Å². The number of ether oxygens (including phenoxy) is 1. The van der Waals surface area contributed by atoms with Gasteiger partial charge in [-0.15, -0.1) is 0 Å². The number of hydrogen-bond donors (Lipinski definition) is 2. The average Bonchev–Trinajstić information content (AvgIpc) is 2.50. The van der Waals surface area contributed by atoms with Crippen LogP contribution < -0.4 is 16.9 Å². The highest BCUT2D eigenvalue weighted by atomic mass is 32.2. The summed E-state index contributed by atoms with van der Waals surface area (Å²) < 4.78 is 34.5. The van der Waals surface area contributed by atoms with Gasteiger partial charge in [-0.3, -0.25) is 5.84 Å². The van der Waals surface area contributed by atoms with Gasteiger partial charge in [-0.05, 0) is 31.0 Å². The smallest absolute Gasteiger partial charge is 0.355 e. The fourth-order valence-electron chi connectivity index (χ4n) is 2.05. The largest absolute Gasteiger partial charge is 0.422 e. The summed E-state index contributed by atoms with van der Waals surface area (Å²) in [5.74, 6) is 5.17. The molecule has 1 aromatic carbocycles. The fraction of sp³-hybridized carbons (Fsp3) is 0.357. The van der Waals surface area contributed by atoms with Gasteiger partial charge in [0.25, 0.3) is 0 Å². The van der Waals surface area contributed by atoms with Gasteiger partial charge in [0, 0.05) is 25.2 Å². The second-order valence-electron chi connectivity index (χ2n) is 4.81. The van der Waals surface area contributed by atoms with Gasteiger partial charge >= 0.3 is 5.63 Å². The summed E-state index contributed by atoms with van der Waals surface area (Å²) in [6.45, 7) is 0.483. The first-order chi connectivity index (χ1) is 10.5. The minimum Gasteiger partial charge on any atom is -0.422 e. The van der Waals surface area contributed by atoms with Gasteiger partial charge in [0.2, 0.25) is 0 Å². The van der Waals surface area contributed by atoms with Crippen molar-refractivity contribution in [3.8, 4) is 0 Å². The molecule has 2 aromatic rings. The van der Waals surface area contributed by atoms with Crippen LogP contribution in [0, 0.1) is 0 Å². The molecule has 0 fully saturated rings. The lowest BCUT2D eigenvalue weighted by atomic mass is 10.2. The third kappa shape index (κ3) is 3.65. The van der Waals surface area contributed by atoms with Gasteiger partial charge in [0.05, 0.1) is 11.4 Å². The number of hydrazine groups is 1. The van der Waals surface area contributed by atoms with E-state index in [1.54, 1.807) is 19.2 Å². The molecule has 0 spiro atoms. The molecule has 0 bridgehead atoms. The van der Waals surface area contributed by atoms with Gasteiger partial charge in [-0.2, -0.15) is 0 Å². The van der Waals surface area contributed by atoms with Crippen LogP contribution in [-0.2, 0) is 14.6 Å². The molecule has 0 unspecified atom stereocenters. The van der Waals surface area contributed by atoms with Crippen LogP contribution in [0.25, 0.3) is 11.0 Å². The van der Waals surface area contributed by atoms with Crippen LogP contribution >= 0.6 is 0 Å². The minimum absolute atomic E-state index is 0.116. The second kappa shape index (κ2) is 6.91. The van der Waals surface area contributed by atoms with E-state index in [-0.39, 0.29) is 16.2 Å². The lowest BCUT2D eigenvalue weighted by Gasteiger charge is -2.06. The Labute approximate surface area is 128 Å². The van der Waals surface area contributed by atoms with E-state index in [4.69, 9.17) is 15.0 Å². The summed E-state index contributed by atoms with van der Waals surface area (Å²) in [6.07, 6.45) is 1.03. The molecule has 120 valence electrons.